The highest BCUT2D eigenvalue weighted by atomic mass is 32.2. The van der Waals surface area contributed by atoms with Crippen LogP contribution in [0.1, 0.15) is 5.56 Å². The predicted molar refractivity (Wildman–Crippen MR) is 75.9 cm³/mol. The lowest BCUT2D eigenvalue weighted by molar-refractivity contribution is 0.808. The van der Waals surface area contributed by atoms with Gasteiger partial charge in [0.1, 0.15) is 0 Å². The van der Waals surface area contributed by atoms with E-state index in [2.05, 4.69) is 48.3 Å². The van der Waals surface area contributed by atoms with Crippen LogP contribution in [0.3, 0.4) is 0 Å². The van der Waals surface area contributed by atoms with E-state index in [4.69, 9.17) is 0 Å². The van der Waals surface area contributed by atoms with Gasteiger partial charge in [0.05, 0.1) is 0 Å². The van der Waals surface area contributed by atoms with E-state index in [1.165, 1.54) is 5.56 Å². The first kappa shape index (κ1) is 13.1. The van der Waals surface area contributed by atoms with Crippen LogP contribution in [0.4, 0.5) is 0 Å². The van der Waals surface area contributed by atoms with E-state index in [1.54, 1.807) is 0 Å². The third kappa shape index (κ3) is 6.49. The Labute approximate surface area is 103 Å². The van der Waals surface area contributed by atoms with Crippen LogP contribution in [0.5, 0.6) is 0 Å². The smallest absolute Gasteiger partial charge is 0.0138 e. The molecule has 0 aliphatic rings. The fourth-order valence-corrected chi connectivity index (χ4v) is 1.88. The van der Waals surface area contributed by atoms with Crippen LogP contribution in [0.15, 0.2) is 49.1 Å². The van der Waals surface area contributed by atoms with Crippen LogP contribution in [0.2, 0.25) is 0 Å². The Hall–Kier alpha value is -0.990. The summed E-state index contributed by atoms with van der Waals surface area (Å²) in [5, 5.41) is 3.37. The molecule has 0 heterocycles. The molecule has 0 atom stereocenters. The number of hydrogen-bond acceptors (Lipinski definition) is 2. The molecule has 1 nitrogen and oxygen atoms in total. The lowest BCUT2D eigenvalue weighted by Crippen LogP contribution is -2.16. The van der Waals surface area contributed by atoms with Gasteiger partial charge in [-0.05, 0) is 5.56 Å². The molecule has 1 N–H and O–H groups in total. The summed E-state index contributed by atoms with van der Waals surface area (Å²) in [5.74, 6) is 2.19. The maximum Gasteiger partial charge on any atom is 0.0138 e. The summed E-state index contributed by atoms with van der Waals surface area (Å²) < 4.78 is 0. The fraction of sp³-hybridized carbons (Fsp3) is 0.286. The van der Waals surface area contributed by atoms with E-state index in [1.807, 2.05) is 23.9 Å². The Morgan fingerprint density at radius 2 is 2.06 bits per heavy atom. The van der Waals surface area contributed by atoms with Crippen LogP contribution in [-0.4, -0.2) is 24.6 Å². The van der Waals surface area contributed by atoms with Gasteiger partial charge in [0, 0.05) is 24.6 Å². The van der Waals surface area contributed by atoms with Crippen molar-refractivity contribution in [2.75, 3.05) is 24.6 Å². The lowest BCUT2D eigenvalue weighted by atomic mass is 10.2. The average molecular weight is 233 g/mol. The van der Waals surface area contributed by atoms with Crippen LogP contribution in [0.25, 0.3) is 6.08 Å². The van der Waals surface area contributed by atoms with Gasteiger partial charge in [-0.2, -0.15) is 11.8 Å². The van der Waals surface area contributed by atoms with Crippen molar-refractivity contribution in [1.29, 1.82) is 0 Å². The minimum atomic E-state index is 0.934. The minimum absolute atomic E-state index is 0.934. The van der Waals surface area contributed by atoms with Crippen molar-refractivity contribution in [3.05, 3.63) is 54.6 Å². The van der Waals surface area contributed by atoms with Crippen molar-refractivity contribution in [2.24, 2.45) is 0 Å². The van der Waals surface area contributed by atoms with Crippen LogP contribution < -0.4 is 5.32 Å². The first-order chi connectivity index (χ1) is 7.93. The van der Waals surface area contributed by atoms with E-state index in [0.29, 0.717) is 0 Å². The summed E-state index contributed by atoms with van der Waals surface area (Å²) in [4.78, 5) is 0. The van der Waals surface area contributed by atoms with E-state index >= 15 is 0 Å². The molecule has 0 fully saturated rings. The third-order valence-corrected chi connectivity index (χ3v) is 3.00. The zero-order chi connectivity index (χ0) is 11.5. The maximum atomic E-state index is 3.69. The van der Waals surface area contributed by atoms with E-state index in [-0.39, 0.29) is 0 Å². The molecule has 1 aromatic carbocycles. The van der Waals surface area contributed by atoms with E-state index in [0.717, 1.165) is 24.6 Å². The Morgan fingerprint density at radius 3 is 2.81 bits per heavy atom. The third-order valence-electron chi connectivity index (χ3n) is 2.03. The summed E-state index contributed by atoms with van der Waals surface area (Å²) in [6.45, 7) is 5.68. The highest BCUT2D eigenvalue weighted by Crippen LogP contribution is 2.00. The molecule has 0 amide bonds. The monoisotopic (exact) mass is 233 g/mol. The minimum Gasteiger partial charge on any atom is -0.312 e. The Balaban J connectivity index is 2.03. The molecule has 16 heavy (non-hydrogen) atoms. The van der Waals surface area contributed by atoms with Gasteiger partial charge in [-0.1, -0.05) is 48.6 Å². The van der Waals surface area contributed by atoms with Crippen LogP contribution in [0, 0.1) is 0 Å². The number of nitrogens with one attached hydrogen (secondary N) is 1. The summed E-state index contributed by atoms with van der Waals surface area (Å²) >= 11 is 1.90. The molecule has 0 aromatic heterocycles. The number of hydrogen-bond donors (Lipinski definition) is 1. The molecule has 1 aromatic rings. The van der Waals surface area contributed by atoms with Crippen molar-refractivity contribution in [2.45, 2.75) is 0 Å². The molecular formula is C14H19NS. The molecular weight excluding hydrogens is 214 g/mol. The maximum absolute atomic E-state index is 3.69. The number of thioether (sulfide) groups is 1. The van der Waals surface area contributed by atoms with Gasteiger partial charge in [0.2, 0.25) is 0 Å². The second-order valence-corrected chi connectivity index (χ2v) is 4.53. The molecule has 0 bridgehead atoms. The van der Waals surface area contributed by atoms with Gasteiger partial charge < -0.3 is 5.32 Å². The van der Waals surface area contributed by atoms with Crippen molar-refractivity contribution in [1.82, 2.24) is 5.32 Å². The quantitative estimate of drug-likeness (QED) is 0.546. The average Bonchev–Trinajstić information content (AvgIpc) is 2.34. The molecule has 0 saturated carbocycles. The Bertz CT molecular complexity index is 306. The van der Waals surface area contributed by atoms with Gasteiger partial charge in [0.15, 0.2) is 0 Å². The molecule has 0 aliphatic heterocycles. The van der Waals surface area contributed by atoms with Crippen LogP contribution in [-0.2, 0) is 0 Å². The van der Waals surface area contributed by atoms with Gasteiger partial charge in [-0.15, -0.1) is 6.58 Å². The second-order valence-electron chi connectivity index (χ2n) is 3.38. The summed E-state index contributed by atoms with van der Waals surface area (Å²) in [6, 6.07) is 10.4. The van der Waals surface area contributed by atoms with E-state index < -0.39 is 0 Å². The molecule has 0 saturated heterocycles. The zero-order valence-corrected chi connectivity index (χ0v) is 10.4. The fourth-order valence-electron chi connectivity index (χ4n) is 1.26. The lowest BCUT2D eigenvalue weighted by Gasteiger charge is -1.99. The molecule has 2 heteroatoms. The Kier molecular flexibility index (Phi) is 7.56. The largest absolute Gasteiger partial charge is 0.312 e. The predicted octanol–water partition coefficient (Wildman–Crippen LogP) is 3.21. The standard InChI is InChI=1S/C14H19NS/c1-2-12-16-13-11-15-10-6-9-14-7-4-3-5-8-14/h2-9,15H,1,10-13H2/b9-6+. The normalized spacial score (nSPS) is 10.8. The highest BCUT2D eigenvalue weighted by molar-refractivity contribution is 7.99. The van der Waals surface area contributed by atoms with Crippen LogP contribution >= 0.6 is 11.8 Å². The molecule has 0 spiro atoms. The first-order valence-electron chi connectivity index (χ1n) is 5.54. The molecule has 0 aliphatic carbocycles. The molecule has 86 valence electrons. The summed E-state index contributed by atoms with van der Waals surface area (Å²) in [7, 11) is 0. The Morgan fingerprint density at radius 1 is 1.25 bits per heavy atom. The van der Waals surface area contributed by atoms with Gasteiger partial charge in [0.25, 0.3) is 0 Å². The summed E-state index contributed by atoms with van der Waals surface area (Å²) in [5.41, 5.74) is 1.25. The summed E-state index contributed by atoms with van der Waals surface area (Å²) in [6.07, 6.45) is 6.25. The molecule has 0 radical (unpaired) electrons. The van der Waals surface area contributed by atoms with Crippen molar-refractivity contribution in [3.63, 3.8) is 0 Å². The highest BCUT2D eigenvalue weighted by Gasteiger charge is 1.85. The number of rotatable bonds is 8. The van der Waals surface area contributed by atoms with Crippen molar-refractivity contribution < 1.29 is 0 Å². The number of benzene rings is 1. The van der Waals surface area contributed by atoms with Gasteiger partial charge >= 0.3 is 0 Å². The molecule has 0 unspecified atom stereocenters. The van der Waals surface area contributed by atoms with Gasteiger partial charge in [-0.25, -0.2) is 0 Å². The first-order valence-corrected chi connectivity index (χ1v) is 6.70. The van der Waals surface area contributed by atoms with Crippen molar-refractivity contribution in [3.8, 4) is 0 Å². The van der Waals surface area contributed by atoms with E-state index in [9.17, 15) is 0 Å². The van der Waals surface area contributed by atoms with Gasteiger partial charge in [-0.3, -0.25) is 0 Å². The topological polar surface area (TPSA) is 12.0 Å². The zero-order valence-electron chi connectivity index (χ0n) is 9.56. The second kappa shape index (κ2) is 9.25. The van der Waals surface area contributed by atoms with Crippen molar-refractivity contribution >= 4 is 17.8 Å². The SMILES string of the molecule is C=CCSCCNC/C=C/c1ccccc1. The molecule has 1 rings (SSSR count).